The highest BCUT2D eigenvalue weighted by Gasteiger charge is 2.17. The second-order valence-corrected chi connectivity index (χ2v) is 8.39. The molecule has 6 nitrogen and oxygen atoms in total. The van der Waals surface area contributed by atoms with Gasteiger partial charge in [0.2, 0.25) is 10.0 Å². The third-order valence-electron chi connectivity index (χ3n) is 4.13. The molecule has 0 N–H and O–H groups in total. The van der Waals surface area contributed by atoms with E-state index in [2.05, 4.69) is 0 Å². The summed E-state index contributed by atoms with van der Waals surface area (Å²) in [4.78, 5) is 12.6. The number of carbonyl (C=O) groups excluding carboxylic acids is 1. The number of fused-ring (bicyclic) bond motifs is 1. The van der Waals surface area contributed by atoms with E-state index in [1.807, 2.05) is 18.2 Å². The van der Waals surface area contributed by atoms with Gasteiger partial charge < -0.3 is 9.47 Å². The van der Waals surface area contributed by atoms with Crippen LogP contribution in [0.3, 0.4) is 0 Å². The van der Waals surface area contributed by atoms with Crippen molar-refractivity contribution >= 4 is 21.9 Å². The van der Waals surface area contributed by atoms with Crippen LogP contribution in [0.4, 0.5) is 0 Å². The van der Waals surface area contributed by atoms with Crippen LogP contribution < -0.4 is 9.47 Å². The second-order valence-electron chi connectivity index (χ2n) is 6.23. The summed E-state index contributed by atoms with van der Waals surface area (Å²) in [6, 6.07) is 11.4. The Hall–Kier alpha value is -2.64. The van der Waals surface area contributed by atoms with E-state index in [0.717, 1.165) is 16.3 Å². The number of nitrogens with zero attached hydrogens (tertiary/aromatic N) is 1. The maximum absolute atomic E-state index is 12.4. The summed E-state index contributed by atoms with van der Waals surface area (Å²) in [5, 5.41) is 0. The van der Waals surface area contributed by atoms with Gasteiger partial charge in [-0.05, 0) is 42.5 Å². The minimum absolute atomic E-state index is 0.145. The molecule has 7 heteroatoms. The maximum Gasteiger partial charge on any atom is 0.242 e. The summed E-state index contributed by atoms with van der Waals surface area (Å²) >= 11 is 0. The van der Waals surface area contributed by atoms with Gasteiger partial charge in [0.15, 0.2) is 17.3 Å². The molecule has 0 atom stereocenters. The van der Waals surface area contributed by atoms with Crippen molar-refractivity contribution in [1.82, 2.24) is 4.31 Å². The topological polar surface area (TPSA) is 72.9 Å². The zero-order valence-corrected chi connectivity index (χ0v) is 16.0. The van der Waals surface area contributed by atoms with Crippen LogP contribution in [0, 0.1) is 0 Å². The maximum atomic E-state index is 12.4. The molecule has 0 bridgehead atoms. The van der Waals surface area contributed by atoms with Gasteiger partial charge >= 0.3 is 0 Å². The van der Waals surface area contributed by atoms with Gasteiger partial charge in [-0.2, -0.15) is 0 Å². The largest absolute Gasteiger partial charge is 0.490 e. The van der Waals surface area contributed by atoms with E-state index in [-0.39, 0.29) is 10.7 Å². The average molecular weight is 387 g/mol. The summed E-state index contributed by atoms with van der Waals surface area (Å²) in [6.45, 7) is 1.16. The Bertz CT molecular complexity index is 962. The third kappa shape index (κ3) is 4.20. The predicted molar refractivity (Wildman–Crippen MR) is 103 cm³/mol. The Morgan fingerprint density at radius 3 is 2.44 bits per heavy atom. The Kier molecular flexibility index (Phi) is 5.62. The molecule has 1 heterocycles. The fourth-order valence-electron chi connectivity index (χ4n) is 2.61. The zero-order chi connectivity index (χ0) is 19.4. The lowest BCUT2D eigenvalue weighted by atomic mass is 10.1. The first-order valence-corrected chi connectivity index (χ1v) is 9.97. The van der Waals surface area contributed by atoms with Crippen LogP contribution >= 0.6 is 0 Å². The van der Waals surface area contributed by atoms with Crippen LogP contribution in [0.5, 0.6) is 11.5 Å². The van der Waals surface area contributed by atoms with E-state index in [1.54, 1.807) is 6.08 Å². The van der Waals surface area contributed by atoms with Gasteiger partial charge in [-0.1, -0.05) is 12.1 Å². The summed E-state index contributed by atoms with van der Waals surface area (Å²) in [5.74, 6) is 1.07. The van der Waals surface area contributed by atoms with Crippen LogP contribution in [-0.4, -0.2) is 45.8 Å². The molecule has 3 rings (SSSR count). The van der Waals surface area contributed by atoms with Crippen molar-refractivity contribution in [2.75, 3.05) is 27.3 Å². The van der Waals surface area contributed by atoms with Crippen molar-refractivity contribution in [2.24, 2.45) is 0 Å². The number of allylic oxidation sites excluding steroid dienone is 1. The minimum atomic E-state index is -3.51. The van der Waals surface area contributed by atoms with Gasteiger partial charge in [-0.25, -0.2) is 12.7 Å². The standard InChI is InChI=1S/C20H21NO5S/c1-21(2)27(23,24)17-10-7-15(8-11-17)18(22)12-9-16-5-3-6-19-20(16)26-14-4-13-25-19/h3,5-12H,4,13-14H2,1-2H3/b12-9+. The lowest BCUT2D eigenvalue weighted by molar-refractivity contribution is 0.104. The van der Waals surface area contributed by atoms with E-state index in [4.69, 9.17) is 9.47 Å². The normalized spacial score (nSPS) is 14.3. The first kappa shape index (κ1) is 19.1. The van der Waals surface area contributed by atoms with E-state index < -0.39 is 10.0 Å². The first-order chi connectivity index (χ1) is 12.9. The minimum Gasteiger partial charge on any atom is -0.490 e. The fourth-order valence-corrected chi connectivity index (χ4v) is 3.51. The van der Waals surface area contributed by atoms with Gasteiger partial charge in [0.1, 0.15) is 0 Å². The van der Waals surface area contributed by atoms with Crippen LogP contribution in [0.25, 0.3) is 6.08 Å². The molecule has 0 aromatic heterocycles. The molecule has 0 aliphatic carbocycles. The smallest absolute Gasteiger partial charge is 0.242 e. The number of ketones is 1. The monoisotopic (exact) mass is 387 g/mol. The molecule has 142 valence electrons. The molecule has 0 amide bonds. The number of carbonyl (C=O) groups is 1. The lowest BCUT2D eigenvalue weighted by Crippen LogP contribution is -2.22. The Morgan fingerprint density at radius 1 is 1.04 bits per heavy atom. The predicted octanol–water partition coefficient (Wildman–Crippen LogP) is 2.99. The zero-order valence-electron chi connectivity index (χ0n) is 15.2. The van der Waals surface area contributed by atoms with Gasteiger partial charge in [0, 0.05) is 31.6 Å². The molecular formula is C20H21NO5S. The molecule has 0 radical (unpaired) electrons. The van der Waals surface area contributed by atoms with E-state index in [1.165, 1.54) is 44.4 Å². The van der Waals surface area contributed by atoms with Gasteiger partial charge in [-0.15, -0.1) is 0 Å². The van der Waals surface area contributed by atoms with E-state index in [9.17, 15) is 13.2 Å². The number of sulfonamides is 1. The molecule has 2 aromatic carbocycles. The van der Waals surface area contributed by atoms with Crippen molar-refractivity contribution in [3.05, 3.63) is 59.7 Å². The summed E-state index contributed by atoms with van der Waals surface area (Å²) < 4.78 is 36.7. The number of benzene rings is 2. The number of hydrogen-bond acceptors (Lipinski definition) is 5. The molecule has 1 aliphatic heterocycles. The fraction of sp³-hybridized carbons (Fsp3) is 0.250. The quantitative estimate of drug-likeness (QED) is 0.583. The Morgan fingerprint density at radius 2 is 1.74 bits per heavy atom. The van der Waals surface area contributed by atoms with Crippen LogP contribution in [-0.2, 0) is 10.0 Å². The van der Waals surface area contributed by atoms with Gasteiger partial charge in [0.05, 0.1) is 18.1 Å². The van der Waals surface area contributed by atoms with Crippen LogP contribution in [0.15, 0.2) is 53.4 Å². The van der Waals surface area contributed by atoms with E-state index in [0.29, 0.717) is 30.3 Å². The second kappa shape index (κ2) is 7.94. The van der Waals surface area contributed by atoms with Crippen molar-refractivity contribution < 1.29 is 22.7 Å². The summed E-state index contributed by atoms with van der Waals surface area (Å²) in [5.41, 5.74) is 1.16. The highest BCUT2D eigenvalue weighted by molar-refractivity contribution is 7.89. The average Bonchev–Trinajstić information content (AvgIpc) is 2.92. The number of rotatable bonds is 5. The van der Waals surface area contributed by atoms with Crippen LogP contribution in [0.2, 0.25) is 0 Å². The molecule has 0 saturated heterocycles. The number of ether oxygens (including phenoxy) is 2. The van der Waals surface area contributed by atoms with Gasteiger partial charge in [-0.3, -0.25) is 4.79 Å². The molecule has 0 unspecified atom stereocenters. The summed E-state index contributed by atoms with van der Waals surface area (Å²) in [6.07, 6.45) is 3.93. The molecular weight excluding hydrogens is 366 g/mol. The third-order valence-corrected chi connectivity index (χ3v) is 5.96. The van der Waals surface area contributed by atoms with Crippen molar-refractivity contribution in [2.45, 2.75) is 11.3 Å². The highest BCUT2D eigenvalue weighted by atomic mass is 32.2. The first-order valence-electron chi connectivity index (χ1n) is 8.53. The van der Waals surface area contributed by atoms with Crippen LogP contribution in [0.1, 0.15) is 22.3 Å². The van der Waals surface area contributed by atoms with Gasteiger partial charge in [0.25, 0.3) is 0 Å². The molecule has 2 aromatic rings. The highest BCUT2D eigenvalue weighted by Crippen LogP contribution is 2.34. The van der Waals surface area contributed by atoms with Crippen molar-refractivity contribution in [3.8, 4) is 11.5 Å². The lowest BCUT2D eigenvalue weighted by Gasteiger charge is -2.11. The van der Waals surface area contributed by atoms with Crippen molar-refractivity contribution in [3.63, 3.8) is 0 Å². The summed E-state index contributed by atoms with van der Waals surface area (Å²) in [7, 11) is -0.587. The van der Waals surface area contributed by atoms with E-state index >= 15 is 0 Å². The Labute approximate surface area is 159 Å². The molecule has 27 heavy (non-hydrogen) atoms. The molecule has 0 spiro atoms. The Balaban J connectivity index is 1.80. The number of hydrogen-bond donors (Lipinski definition) is 0. The van der Waals surface area contributed by atoms with Crippen molar-refractivity contribution in [1.29, 1.82) is 0 Å². The SMILES string of the molecule is CN(C)S(=O)(=O)c1ccc(C(=O)/C=C/c2cccc3c2OCCCO3)cc1. The molecule has 1 aliphatic rings. The number of para-hydroxylation sites is 1. The molecule has 0 saturated carbocycles. The molecule has 0 fully saturated rings.